The van der Waals surface area contributed by atoms with Crippen molar-refractivity contribution < 1.29 is 9.53 Å². The van der Waals surface area contributed by atoms with Gasteiger partial charge in [0, 0.05) is 22.8 Å². The average molecular weight is 305 g/mol. The minimum atomic E-state index is -0.188. The Hall–Kier alpha value is -2.20. The zero-order valence-electron chi connectivity index (χ0n) is 11.7. The fraction of sp³-hybridized carbons (Fsp3) is 0.188. The Morgan fingerprint density at radius 3 is 2.81 bits per heavy atom. The molecule has 0 atom stereocenters. The maximum atomic E-state index is 12.0. The molecule has 0 fully saturated rings. The first-order valence-corrected chi connectivity index (χ1v) is 6.93. The standard InChI is InChI=1S/C16H17ClN2O2/c1-21-15-4-2-3-11(7-15)5-6-19-16(20)12-8-13(17)10-14(18)9-12/h2-4,7-10H,5-6,18H2,1H3,(H,19,20). The number of rotatable bonds is 5. The number of nitrogens with two attached hydrogens (primary N) is 1. The molecule has 0 bridgehead atoms. The first kappa shape index (κ1) is 15.2. The summed E-state index contributed by atoms with van der Waals surface area (Å²) in [6.45, 7) is 0.526. The molecule has 2 rings (SSSR count). The highest BCUT2D eigenvalue weighted by molar-refractivity contribution is 6.31. The maximum absolute atomic E-state index is 12.0. The number of carbonyl (C=O) groups excluding carboxylic acids is 1. The number of nitrogen functional groups attached to an aromatic ring is 1. The Morgan fingerprint density at radius 1 is 1.29 bits per heavy atom. The van der Waals surface area contributed by atoms with Crippen molar-refractivity contribution in [1.82, 2.24) is 5.32 Å². The van der Waals surface area contributed by atoms with E-state index in [4.69, 9.17) is 22.1 Å². The highest BCUT2D eigenvalue weighted by Gasteiger charge is 2.07. The van der Waals surface area contributed by atoms with Crippen LogP contribution in [0.4, 0.5) is 5.69 Å². The molecule has 21 heavy (non-hydrogen) atoms. The maximum Gasteiger partial charge on any atom is 0.251 e. The van der Waals surface area contributed by atoms with Gasteiger partial charge in [-0.25, -0.2) is 0 Å². The molecule has 0 saturated carbocycles. The van der Waals surface area contributed by atoms with Crippen molar-refractivity contribution in [3.63, 3.8) is 0 Å². The topological polar surface area (TPSA) is 64.3 Å². The second-order valence-electron chi connectivity index (χ2n) is 4.63. The number of carbonyl (C=O) groups is 1. The number of hydrogen-bond donors (Lipinski definition) is 2. The van der Waals surface area contributed by atoms with E-state index < -0.39 is 0 Å². The van der Waals surface area contributed by atoms with Gasteiger partial charge in [0.15, 0.2) is 0 Å². The largest absolute Gasteiger partial charge is 0.497 e. The molecule has 4 nitrogen and oxygen atoms in total. The average Bonchev–Trinajstić information content (AvgIpc) is 2.46. The van der Waals surface area contributed by atoms with E-state index in [1.165, 1.54) is 0 Å². The van der Waals surface area contributed by atoms with Crippen LogP contribution in [0.3, 0.4) is 0 Å². The molecule has 2 aromatic rings. The Balaban J connectivity index is 1.92. The minimum absolute atomic E-state index is 0.188. The van der Waals surface area contributed by atoms with E-state index in [0.717, 1.165) is 17.7 Å². The minimum Gasteiger partial charge on any atom is -0.497 e. The van der Waals surface area contributed by atoms with Gasteiger partial charge in [0.05, 0.1) is 7.11 Å². The van der Waals surface area contributed by atoms with Crippen LogP contribution in [-0.4, -0.2) is 19.6 Å². The monoisotopic (exact) mass is 304 g/mol. The van der Waals surface area contributed by atoms with E-state index in [2.05, 4.69) is 5.32 Å². The molecule has 0 heterocycles. The second-order valence-corrected chi connectivity index (χ2v) is 5.07. The van der Waals surface area contributed by atoms with Crippen LogP contribution >= 0.6 is 11.6 Å². The summed E-state index contributed by atoms with van der Waals surface area (Å²) in [5, 5.41) is 3.30. The summed E-state index contributed by atoms with van der Waals surface area (Å²) in [5.74, 6) is 0.619. The van der Waals surface area contributed by atoms with E-state index in [1.54, 1.807) is 25.3 Å². The molecule has 3 N–H and O–H groups in total. The number of halogens is 1. The lowest BCUT2D eigenvalue weighted by molar-refractivity contribution is 0.0954. The van der Waals surface area contributed by atoms with Gasteiger partial charge in [-0.15, -0.1) is 0 Å². The molecule has 0 spiro atoms. The molecule has 110 valence electrons. The van der Waals surface area contributed by atoms with E-state index >= 15 is 0 Å². The van der Waals surface area contributed by atoms with Gasteiger partial charge in [-0.3, -0.25) is 4.79 Å². The van der Waals surface area contributed by atoms with Crippen LogP contribution in [0.1, 0.15) is 15.9 Å². The normalized spacial score (nSPS) is 10.2. The van der Waals surface area contributed by atoms with Gasteiger partial charge in [0.2, 0.25) is 0 Å². The lowest BCUT2D eigenvalue weighted by Crippen LogP contribution is -2.25. The zero-order chi connectivity index (χ0) is 15.2. The number of benzene rings is 2. The van der Waals surface area contributed by atoms with Gasteiger partial charge in [-0.05, 0) is 42.3 Å². The molecular formula is C16H17ClN2O2. The molecule has 1 amide bonds. The Bertz CT molecular complexity index is 624. The molecule has 0 radical (unpaired) electrons. The number of anilines is 1. The third-order valence-electron chi connectivity index (χ3n) is 3.02. The summed E-state index contributed by atoms with van der Waals surface area (Å²) >= 11 is 5.88. The molecule has 0 aromatic heterocycles. The first-order valence-electron chi connectivity index (χ1n) is 6.55. The summed E-state index contributed by atoms with van der Waals surface area (Å²) in [6, 6.07) is 12.6. The third-order valence-corrected chi connectivity index (χ3v) is 3.23. The second kappa shape index (κ2) is 6.99. The fourth-order valence-electron chi connectivity index (χ4n) is 1.99. The Kier molecular flexibility index (Phi) is 5.06. The molecule has 0 aliphatic rings. The van der Waals surface area contributed by atoms with Crippen molar-refractivity contribution >= 4 is 23.2 Å². The molecule has 2 aromatic carbocycles. The summed E-state index contributed by atoms with van der Waals surface area (Å²) in [4.78, 5) is 12.0. The van der Waals surface area contributed by atoms with Crippen molar-refractivity contribution in [3.05, 3.63) is 58.6 Å². The van der Waals surface area contributed by atoms with Crippen LogP contribution in [0.15, 0.2) is 42.5 Å². The third kappa shape index (κ3) is 4.39. The van der Waals surface area contributed by atoms with Crippen molar-refractivity contribution in [3.8, 4) is 5.75 Å². The van der Waals surface area contributed by atoms with E-state index in [9.17, 15) is 4.79 Å². The summed E-state index contributed by atoms with van der Waals surface area (Å²) in [7, 11) is 1.63. The van der Waals surface area contributed by atoms with Gasteiger partial charge in [0.1, 0.15) is 5.75 Å². The molecule has 0 aliphatic heterocycles. The quantitative estimate of drug-likeness (QED) is 0.835. The number of amides is 1. The highest BCUT2D eigenvalue weighted by atomic mass is 35.5. The number of methoxy groups -OCH3 is 1. The van der Waals surface area contributed by atoms with Crippen LogP contribution in [0.25, 0.3) is 0 Å². The number of hydrogen-bond acceptors (Lipinski definition) is 3. The lowest BCUT2D eigenvalue weighted by atomic mass is 10.1. The van der Waals surface area contributed by atoms with E-state index in [1.807, 2.05) is 24.3 Å². The smallest absolute Gasteiger partial charge is 0.251 e. The van der Waals surface area contributed by atoms with Crippen LogP contribution in [-0.2, 0) is 6.42 Å². The zero-order valence-corrected chi connectivity index (χ0v) is 12.5. The van der Waals surface area contributed by atoms with Crippen molar-refractivity contribution in [1.29, 1.82) is 0 Å². The predicted octanol–water partition coefficient (Wildman–Crippen LogP) is 2.90. The van der Waals surface area contributed by atoms with Gasteiger partial charge in [-0.2, -0.15) is 0 Å². The van der Waals surface area contributed by atoms with Gasteiger partial charge in [-0.1, -0.05) is 23.7 Å². The van der Waals surface area contributed by atoms with Crippen molar-refractivity contribution in [2.24, 2.45) is 0 Å². The summed E-state index contributed by atoms with van der Waals surface area (Å²) in [6.07, 6.45) is 0.721. The Labute approximate surface area is 128 Å². The molecule has 0 aliphatic carbocycles. The van der Waals surface area contributed by atoms with E-state index in [0.29, 0.717) is 22.8 Å². The molecular weight excluding hydrogens is 288 g/mol. The molecule has 0 saturated heterocycles. The summed E-state index contributed by atoms with van der Waals surface area (Å²) < 4.78 is 5.16. The Morgan fingerprint density at radius 2 is 2.10 bits per heavy atom. The van der Waals surface area contributed by atoms with Crippen LogP contribution in [0, 0.1) is 0 Å². The van der Waals surface area contributed by atoms with Gasteiger partial charge >= 0.3 is 0 Å². The predicted molar refractivity (Wildman–Crippen MR) is 84.9 cm³/mol. The first-order chi connectivity index (χ1) is 10.1. The SMILES string of the molecule is COc1cccc(CCNC(=O)c2cc(N)cc(Cl)c2)c1. The highest BCUT2D eigenvalue weighted by Crippen LogP contribution is 2.16. The van der Waals surface area contributed by atoms with Gasteiger partial charge in [0.25, 0.3) is 5.91 Å². The van der Waals surface area contributed by atoms with Crippen LogP contribution in [0.5, 0.6) is 5.75 Å². The number of ether oxygens (including phenoxy) is 1. The van der Waals surface area contributed by atoms with E-state index in [-0.39, 0.29) is 5.91 Å². The summed E-state index contributed by atoms with van der Waals surface area (Å²) in [5.41, 5.74) is 7.70. The van der Waals surface area contributed by atoms with Crippen LogP contribution in [0.2, 0.25) is 5.02 Å². The van der Waals surface area contributed by atoms with Crippen molar-refractivity contribution in [2.75, 3.05) is 19.4 Å². The fourth-order valence-corrected chi connectivity index (χ4v) is 2.24. The lowest BCUT2D eigenvalue weighted by Gasteiger charge is -2.07. The van der Waals surface area contributed by atoms with Gasteiger partial charge < -0.3 is 15.8 Å². The van der Waals surface area contributed by atoms with Crippen LogP contribution < -0.4 is 15.8 Å². The number of nitrogens with one attached hydrogen (secondary N) is 1. The van der Waals surface area contributed by atoms with Crippen molar-refractivity contribution in [2.45, 2.75) is 6.42 Å². The molecule has 0 unspecified atom stereocenters. The molecule has 5 heteroatoms.